The van der Waals surface area contributed by atoms with Crippen molar-refractivity contribution in [2.24, 2.45) is 0 Å². The van der Waals surface area contributed by atoms with E-state index in [2.05, 4.69) is 15.9 Å². The summed E-state index contributed by atoms with van der Waals surface area (Å²) in [6, 6.07) is 4.29. The number of nitrogens with zero attached hydrogens (tertiary/aromatic N) is 1. The van der Waals surface area contributed by atoms with Crippen LogP contribution in [0.15, 0.2) is 22.7 Å². The molecule has 0 radical (unpaired) electrons. The van der Waals surface area contributed by atoms with E-state index in [1.165, 1.54) is 12.1 Å². The molecule has 0 spiro atoms. The van der Waals surface area contributed by atoms with Crippen LogP contribution in [-0.2, 0) is 0 Å². The number of amides is 1. The number of hydrogen-bond donors (Lipinski definition) is 2. The molecule has 1 aromatic rings. The summed E-state index contributed by atoms with van der Waals surface area (Å²) in [7, 11) is 0. The topological polar surface area (TPSA) is 77.8 Å². The van der Waals surface area contributed by atoms with E-state index >= 15 is 0 Å². The monoisotopic (exact) mass is 341 g/mol. The normalized spacial score (nSPS) is 22.1. The number of halogens is 1. The molecule has 0 aromatic heterocycles. The number of carboxylic acid groups (broad SMARTS) is 1. The van der Waals surface area contributed by atoms with Crippen LogP contribution >= 0.6 is 15.9 Å². The molecule has 2 rings (SSSR count). The molecule has 0 bridgehead atoms. The number of rotatable bonds is 3. The van der Waals surface area contributed by atoms with Gasteiger partial charge < -0.3 is 15.1 Å². The molecule has 0 saturated carbocycles. The minimum absolute atomic E-state index is 0.0481. The van der Waals surface area contributed by atoms with E-state index in [4.69, 9.17) is 5.11 Å². The molecule has 1 aromatic carbocycles. The van der Waals surface area contributed by atoms with Crippen LogP contribution in [0.2, 0.25) is 0 Å². The fourth-order valence-electron chi connectivity index (χ4n) is 2.60. The number of benzene rings is 1. The summed E-state index contributed by atoms with van der Waals surface area (Å²) in [4.78, 5) is 25.2. The molecular weight excluding hydrogens is 326 g/mol. The Morgan fingerprint density at radius 2 is 1.95 bits per heavy atom. The van der Waals surface area contributed by atoms with Gasteiger partial charge in [0, 0.05) is 16.1 Å². The summed E-state index contributed by atoms with van der Waals surface area (Å²) >= 11 is 3.22. The van der Waals surface area contributed by atoms with Crippen molar-refractivity contribution in [3.8, 4) is 0 Å². The molecule has 5 nitrogen and oxygen atoms in total. The van der Waals surface area contributed by atoms with E-state index in [9.17, 15) is 14.7 Å². The quantitative estimate of drug-likeness (QED) is 0.882. The van der Waals surface area contributed by atoms with Crippen molar-refractivity contribution in [3.63, 3.8) is 0 Å². The first-order valence-electron chi connectivity index (χ1n) is 6.41. The average molecular weight is 342 g/mol. The molecule has 2 N–H and O–H groups in total. The van der Waals surface area contributed by atoms with Gasteiger partial charge in [-0.3, -0.25) is 4.79 Å². The molecule has 2 atom stereocenters. The second-order valence-electron chi connectivity index (χ2n) is 5.01. The Bertz CT molecular complexity index is 546. The van der Waals surface area contributed by atoms with Crippen LogP contribution in [0.4, 0.5) is 0 Å². The van der Waals surface area contributed by atoms with Gasteiger partial charge in [0.05, 0.1) is 18.2 Å². The maximum atomic E-state index is 12.6. The maximum Gasteiger partial charge on any atom is 0.335 e. The van der Waals surface area contributed by atoms with Gasteiger partial charge in [-0.05, 0) is 38.0 Å². The Balaban J connectivity index is 2.35. The zero-order valence-electron chi connectivity index (χ0n) is 11.0. The SMILES string of the molecule is C[C@@H]1CC[C@H](CO)N1C(=O)c1cc(Br)cc(C(=O)O)c1. The first-order valence-corrected chi connectivity index (χ1v) is 7.20. The number of aliphatic hydroxyl groups is 1. The lowest BCUT2D eigenvalue weighted by Crippen LogP contribution is -2.41. The predicted octanol–water partition coefficient (Wildman–Crippen LogP) is 2.13. The van der Waals surface area contributed by atoms with Crippen LogP contribution in [0.25, 0.3) is 0 Å². The predicted molar refractivity (Wildman–Crippen MR) is 76.8 cm³/mol. The van der Waals surface area contributed by atoms with Crippen molar-refractivity contribution in [3.05, 3.63) is 33.8 Å². The summed E-state index contributed by atoms with van der Waals surface area (Å²) in [5.41, 5.74) is 0.388. The fraction of sp³-hybridized carbons (Fsp3) is 0.429. The smallest absolute Gasteiger partial charge is 0.335 e. The first-order chi connectivity index (χ1) is 9.43. The van der Waals surface area contributed by atoms with E-state index < -0.39 is 5.97 Å². The van der Waals surface area contributed by atoms with Crippen molar-refractivity contribution in [2.45, 2.75) is 31.8 Å². The Morgan fingerprint density at radius 1 is 1.30 bits per heavy atom. The van der Waals surface area contributed by atoms with Crippen molar-refractivity contribution < 1.29 is 19.8 Å². The molecule has 0 unspecified atom stereocenters. The van der Waals surface area contributed by atoms with E-state index in [-0.39, 0.29) is 30.2 Å². The average Bonchev–Trinajstić information content (AvgIpc) is 2.78. The number of hydrogen-bond acceptors (Lipinski definition) is 3. The molecule has 1 aliphatic rings. The van der Waals surface area contributed by atoms with Crippen molar-refractivity contribution >= 4 is 27.8 Å². The van der Waals surface area contributed by atoms with Gasteiger partial charge in [-0.25, -0.2) is 4.79 Å². The van der Waals surface area contributed by atoms with Crippen LogP contribution in [0.1, 0.15) is 40.5 Å². The lowest BCUT2D eigenvalue weighted by Gasteiger charge is -2.27. The summed E-state index contributed by atoms with van der Waals surface area (Å²) < 4.78 is 0.549. The second-order valence-corrected chi connectivity index (χ2v) is 5.92. The zero-order chi connectivity index (χ0) is 14.9. The number of carboxylic acids is 1. The summed E-state index contributed by atoms with van der Waals surface area (Å²) in [5.74, 6) is -1.31. The molecule has 0 aliphatic carbocycles. The number of carbonyl (C=O) groups excluding carboxylic acids is 1. The first kappa shape index (κ1) is 15.0. The number of carbonyl (C=O) groups is 2. The van der Waals surface area contributed by atoms with E-state index in [0.717, 1.165) is 12.8 Å². The van der Waals surface area contributed by atoms with E-state index in [1.54, 1.807) is 11.0 Å². The van der Waals surface area contributed by atoms with Gasteiger partial charge in [0.1, 0.15) is 0 Å². The van der Waals surface area contributed by atoms with Crippen molar-refractivity contribution in [2.75, 3.05) is 6.61 Å². The fourth-order valence-corrected chi connectivity index (χ4v) is 3.10. The summed E-state index contributed by atoms with van der Waals surface area (Å²) in [6.45, 7) is 1.86. The number of aromatic carboxylic acids is 1. The van der Waals surface area contributed by atoms with Gasteiger partial charge in [0.25, 0.3) is 5.91 Å². The van der Waals surface area contributed by atoms with Crippen molar-refractivity contribution in [1.82, 2.24) is 4.90 Å². The maximum absolute atomic E-state index is 12.6. The van der Waals surface area contributed by atoms with Crippen LogP contribution in [0, 0.1) is 0 Å². The Morgan fingerprint density at radius 3 is 2.55 bits per heavy atom. The Labute approximate surface area is 125 Å². The zero-order valence-corrected chi connectivity index (χ0v) is 12.6. The lowest BCUT2D eigenvalue weighted by molar-refractivity contribution is 0.0611. The second kappa shape index (κ2) is 5.93. The molecule has 1 heterocycles. The molecule has 1 saturated heterocycles. The third-order valence-electron chi connectivity index (χ3n) is 3.62. The molecule has 108 valence electrons. The molecule has 20 heavy (non-hydrogen) atoms. The third kappa shape index (κ3) is 2.86. The Kier molecular flexibility index (Phi) is 4.45. The lowest BCUT2D eigenvalue weighted by atomic mass is 10.1. The minimum Gasteiger partial charge on any atom is -0.478 e. The molecule has 6 heteroatoms. The highest BCUT2D eigenvalue weighted by molar-refractivity contribution is 9.10. The van der Waals surface area contributed by atoms with Gasteiger partial charge in [0.15, 0.2) is 0 Å². The molecule has 1 amide bonds. The Hall–Kier alpha value is -1.40. The van der Waals surface area contributed by atoms with E-state index in [1.807, 2.05) is 6.92 Å². The van der Waals surface area contributed by atoms with Gasteiger partial charge >= 0.3 is 5.97 Å². The molecule has 1 aliphatic heterocycles. The number of likely N-dealkylation sites (tertiary alicyclic amines) is 1. The third-order valence-corrected chi connectivity index (χ3v) is 4.08. The highest BCUT2D eigenvalue weighted by atomic mass is 79.9. The van der Waals surface area contributed by atoms with E-state index in [0.29, 0.717) is 10.0 Å². The summed E-state index contributed by atoms with van der Waals surface area (Å²) in [5, 5.41) is 18.4. The van der Waals surface area contributed by atoms with Gasteiger partial charge in [-0.1, -0.05) is 15.9 Å². The number of aliphatic hydroxyl groups excluding tert-OH is 1. The molecular formula is C14H16BrNO4. The van der Waals surface area contributed by atoms with Gasteiger partial charge in [-0.15, -0.1) is 0 Å². The summed E-state index contributed by atoms with van der Waals surface area (Å²) in [6.07, 6.45) is 1.61. The minimum atomic E-state index is -1.08. The van der Waals surface area contributed by atoms with Crippen LogP contribution in [-0.4, -0.2) is 45.7 Å². The van der Waals surface area contributed by atoms with Gasteiger partial charge in [-0.2, -0.15) is 0 Å². The largest absolute Gasteiger partial charge is 0.478 e. The highest BCUT2D eigenvalue weighted by Gasteiger charge is 2.34. The van der Waals surface area contributed by atoms with Crippen LogP contribution in [0.5, 0.6) is 0 Å². The highest BCUT2D eigenvalue weighted by Crippen LogP contribution is 2.27. The van der Waals surface area contributed by atoms with Gasteiger partial charge in [0.2, 0.25) is 0 Å². The molecule has 1 fully saturated rings. The standard InChI is InChI=1S/C14H16BrNO4/c1-8-2-3-12(7-17)16(8)13(18)9-4-10(14(19)20)6-11(15)5-9/h4-6,8,12,17H,2-3,7H2,1H3,(H,19,20)/t8-,12-/m1/s1. The van der Waals surface area contributed by atoms with Crippen molar-refractivity contribution in [1.29, 1.82) is 0 Å². The van der Waals surface area contributed by atoms with Crippen LogP contribution in [0.3, 0.4) is 0 Å². The van der Waals surface area contributed by atoms with Crippen LogP contribution < -0.4 is 0 Å².